The first kappa shape index (κ1) is 19.8. The van der Waals surface area contributed by atoms with Crippen molar-refractivity contribution >= 4 is 17.6 Å². The van der Waals surface area contributed by atoms with E-state index in [-0.39, 0.29) is 40.7 Å². The van der Waals surface area contributed by atoms with Gasteiger partial charge in [-0.25, -0.2) is 9.37 Å². The summed E-state index contributed by atoms with van der Waals surface area (Å²) in [6.07, 6.45) is 3.61. The largest absolute Gasteiger partial charge is 0.354 e. The van der Waals surface area contributed by atoms with Crippen LogP contribution in [-0.4, -0.2) is 27.8 Å². The van der Waals surface area contributed by atoms with Crippen molar-refractivity contribution in [3.63, 3.8) is 0 Å². The predicted molar refractivity (Wildman–Crippen MR) is 95.5 cm³/mol. The van der Waals surface area contributed by atoms with E-state index in [1.165, 1.54) is 13.0 Å². The van der Waals surface area contributed by atoms with Crippen LogP contribution in [0.15, 0.2) is 24.4 Å². The number of aromatic nitrogens is 2. The molecule has 2 atom stereocenters. The van der Waals surface area contributed by atoms with E-state index in [0.29, 0.717) is 12.8 Å². The highest BCUT2D eigenvalue weighted by Crippen LogP contribution is 2.28. The number of amides is 2. The number of carbonyl (C=O) groups is 2. The Kier molecular flexibility index (Phi) is 5.91. The molecule has 2 amide bonds. The Balaban J connectivity index is 1.76. The Morgan fingerprint density at radius 1 is 1.14 bits per heavy atom. The summed E-state index contributed by atoms with van der Waals surface area (Å²) >= 11 is 0. The third-order valence-electron chi connectivity index (χ3n) is 4.66. The number of pyridine rings is 2. The number of halogens is 3. The second-order valence-electron chi connectivity index (χ2n) is 6.77. The van der Waals surface area contributed by atoms with E-state index in [9.17, 15) is 22.8 Å². The molecule has 3 rings (SSSR count). The van der Waals surface area contributed by atoms with Gasteiger partial charge in [0.05, 0.1) is 6.20 Å². The Bertz CT molecular complexity index is 907. The van der Waals surface area contributed by atoms with Crippen molar-refractivity contribution in [1.29, 1.82) is 0 Å². The van der Waals surface area contributed by atoms with Crippen LogP contribution >= 0.6 is 0 Å². The lowest BCUT2D eigenvalue weighted by Gasteiger charge is -2.28. The summed E-state index contributed by atoms with van der Waals surface area (Å²) in [6.45, 7) is 1.43. The molecule has 1 saturated carbocycles. The number of nitrogens with zero attached hydrogens (tertiary/aromatic N) is 2. The molecule has 0 aliphatic heterocycles. The van der Waals surface area contributed by atoms with Crippen LogP contribution in [0.2, 0.25) is 0 Å². The molecule has 28 heavy (non-hydrogen) atoms. The number of anilines is 1. The number of hydrogen-bond donors (Lipinski definition) is 2. The molecule has 9 heteroatoms. The highest BCUT2D eigenvalue weighted by Gasteiger charge is 2.28. The summed E-state index contributed by atoms with van der Waals surface area (Å²) in [4.78, 5) is 30.6. The van der Waals surface area contributed by atoms with Crippen molar-refractivity contribution < 1.29 is 22.8 Å². The second kappa shape index (κ2) is 8.37. The summed E-state index contributed by atoms with van der Waals surface area (Å²) in [5, 5.41) is 5.42. The maximum atomic E-state index is 14.1. The van der Waals surface area contributed by atoms with Gasteiger partial charge < -0.3 is 10.6 Å². The van der Waals surface area contributed by atoms with Crippen LogP contribution in [0.25, 0.3) is 11.1 Å². The van der Waals surface area contributed by atoms with Crippen molar-refractivity contribution in [1.82, 2.24) is 15.3 Å². The normalized spacial score (nSPS) is 19.1. The van der Waals surface area contributed by atoms with Crippen LogP contribution in [0.3, 0.4) is 0 Å². The molecule has 2 unspecified atom stereocenters. The SMILES string of the molecule is CC(=O)NC1CCCC(C(=O)Nc2cc(-c3ccc(F)nc3F)c(F)cn2)C1. The monoisotopic (exact) mass is 392 g/mol. The van der Waals surface area contributed by atoms with Crippen molar-refractivity contribution in [3.8, 4) is 11.1 Å². The van der Waals surface area contributed by atoms with Gasteiger partial charge in [-0.15, -0.1) is 0 Å². The van der Waals surface area contributed by atoms with Gasteiger partial charge in [-0.05, 0) is 37.5 Å². The van der Waals surface area contributed by atoms with Crippen LogP contribution in [-0.2, 0) is 9.59 Å². The number of hydrogen-bond acceptors (Lipinski definition) is 4. The van der Waals surface area contributed by atoms with E-state index in [1.54, 1.807) is 0 Å². The first-order valence-electron chi connectivity index (χ1n) is 8.89. The fourth-order valence-electron chi connectivity index (χ4n) is 3.40. The van der Waals surface area contributed by atoms with Crippen molar-refractivity contribution in [2.45, 2.75) is 38.6 Å². The Hall–Kier alpha value is -2.97. The van der Waals surface area contributed by atoms with Gasteiger partial charge in [0.15, 0.2) is 0 Å². The van der Waals surface area contributed by atoms with Crippen molar-refractivity contribution in [2.75, 3.05) is 5.32 Å². The minimum absolute atomic E-state index is 0.0479. The quantitative estimate of drug-likeness (QED) is 0.783. The first-order chi connectivity index (χ1) is 13.3. The number of rotatable bonds is 4. The molecule has 0 aromatic carbocycles. The summed E-state index contributed by atoms with van der Waals surface area (Å²) < 4.78 is 41.0. The predicted octanol–water partition coefficient (Wildman–Crippen LogP) is 3.19. The average Bonchev–Trinajstić information content (AvgIpc) is 2.63. The van der Waals surface area contributed by atoms with Crippen molar-refractivity contribution in [3.05, 3.63) is 42.1 Å². The summed E-state index contributed by atoms with van der Waals surface area (Å²) in [5.74, 6) is -3.74. The maximum Gasteiger partial charge on any atom is 0.228 e. The van der Waals surface area contributed by atoms with Gasteiger partial charge in [0.2, 0.25) is 23.7 Å². The van der Waals surface area contributed by atoms with Crippen molar-refractivity contribution in [2.24, 2.45) is 5.92 Å². The van der Waals surface area contributed by atoms with Gasteiger partial charge in [0, 0.05) is 30.0 Å². The second-order valence-corrected chi connectivity index (χ2v) is 6.77. The van der Waals surface area contributed by atoms with E-state index >= 15 is 0 Å². The van der Waals surface area contributed by atoms with Gasteiger partial charge in [-0.3, -0.25) is 9.59 Å². The van der Waals surface area contributed by atoms with Crippen LogP contribution in [0, 0.1) is 23.6 Å². The first-order valence-corrected chi connectivity index (χ1v) is 8.89. The zero-order valence-corrected chi connectivity index (χ0v) is 15.1. The lowest BCUT2D eigenvalue weighted by atomic mass is 9.85. The molecule has 148 valence electrons. The lowest BCUT2D eigenvalue weighted by Crippen LogP contribution is -2.40. The lowest BCUT2D eigenvalue weighted by molar-refractivity contribution is -0.123. The van der Waals surface area contributed by atoms with Crippen LogP contribution in [0.5, 0.6) is 0 Å². The summed E-state index contributed by atoms with van der Waals surface area (Å²) in [7, 11) is 0. The molecule has 2 aromatic rings. The minimum atomic E-state index is -1.16. The fraction of sp³-hybridized carbons (Fsp3) is 0.368. The summed E-state index contributed by atoms with van der Waals surface area (Å²) in [5.41, 5.74) is -0.421. The van der Waals surface area contributed by atoms with Gasteiger partial charge >= 0.3 is 0 Å². The van der Waals surface area contributed by atoms with Gasteiger partial charge in [-0.2, -0.15) is 13.8 Å². The molecule has 0 radical (unpaired) electrons. The maximum absolute atomic E-state index is 14.1. The van der Waals surface area contributed by atoms with E-state index < -0.39 is 17.7 Å². The molecule has 0 bridgehead atoms. The molecule has 2 aromatic heterocycles. The highest BCUT2D eigenvalue weighted by atomic mass is 19.1. The van der Waals surface area contributed by atoms with Gasteiger partial charge in [0.25, 0.3) is 0 Å². The summed E-state index contributed by atoms with van der Waals surface area (Å²) in [6, 6.07) is 3.10. The molecule has 2 heterocycles. The average molecular weight is 392 g/mol. The van der Waals surface area contributed by atoms with Gasteiger partial charge in [0.1, 0.15) is 11.6 Å². The molecular formula is C19H19F3N4O2. The van der Waals surface area contributed by atoms with Crippen LogP contribution < -0.4 is 10.6 Å². The molecule has 6 nitrogen and oxygen atoms in total. The Morgan fingerprint density at radius 3 is 2.64 bits per heavy atom. The standard InChI is InChI=1S/C19H19F3N4O2/c1-10(27)24-12-4-2-3-11(7-12)19(28)26-17-8-14(15(20)9-23-17)13-5-6-16(21)25-18(13)22/h5-6,8-9,11-12H,2-4,7H2,1H3,(H,24,27)(H,23,26,28). The van der Waals surface area contributed by atoms with E-state index in [0.717, 1.165) is 31.2 Å². The molecule has 1 fully saturated rings. The Labute approximate surface area is 159 Å². The third-order valence-corrected chi connectivity index (χ3v) is 4.66. The third kappa shape index (κ3) is 4.65. The smallest absolute Gasteiger partial charge is 0.228 e. The highest BCUT2D eigenvalue weighted by molar-refractivity contribution is 5.92. The number of carbonyl (C=O) groups excluding carboxylic acids is 2. The molecule has 2 N–H and O–H groups in total. The van der Waals surface area contributed by atoms with E-state index in [4.69, 9.17) is 0 Å². The zero-order chi connectivity index (χ0) is 20.3. The molecule has 1 aliphatic rings. The van der Waals surface area contributed by atoms with E-state index in [2.05, 4.69) is 20.6 Å². The Morgan fingerprint density at radius 2 is 1.93 bits per heavy atom. The molecular weight excluding hydrogens is 373 g/mol. The zero-order valence-electron chi connectivity index (χ0n) is 15.1. The van der Waals surface area contributed by atoms with Crippen LogP contribution in [0.1, 0.15) is 32.6 Å². The molecule has 0 spiro atoms. The van der Waals surface area contributed by atoms with E-state index in [1.807, 2.05) is 0 Å². The van der Waals surface area contributed by atoms with Gasteiger partial charge in [-0.1, -0.05) is 6.42 Å². The minimum Gasteiger partial charge on any atom is -0.354 e. The molecule has 0 saturated heterocycles. The molecule has 1 aliphatic carbocycles. The number of nitrogens with one attached hydrogen (secondary N) is 2. The topological polar surface area (TPSA) is 84.0 Å². The fourth-order valence-corrected chi connectivity index (χ4v) is 3.40. The van der Waals surface area contributed by atoms with Crippen LogP contribution in [0.4, 0.5) is 19.0 Å².